The number of hydrogen-bond donors (Lipinski definition) is 0. The van der Waals surface area contributed by atoms with Crippen molar-refractivity contribution in [3.05, 3.63) is 90.1 Å². The number of rotatable bonds is 10. The maximum absolute atomic E-state index is 11.7. The summed E-state index contributed by atoms with van der Waals surface area (Å²) in [7, 11) is 1.96. The van der Waals surface area contributed by atoms with Gasteiger partial charge in [-0.3, -0.25) is 4.79 Å². The molecule has 5 rings (SSSR count). The van der Waals surface area contributed by atoms with Gasteiger partial charge in [0.1, 0.15) is 30.5 Å². The van der Waals surface area contributed by atoms with Gasteiger partial charge >= 0.3 is 5.97 Å². The fourth-order valence-electron chi connectivity index (χ4n) is 4.32. The first-order valence-corrected chi connectivity index (χ1v) is 12.5. The normalized spacial score (nSPS) is 14.2. The monoisotopic (exact) mass is 498 g/mol. The molecule has 37 heavy (non-hydrogen) atoms. The average Bonchev–Trinajstić information content (AvgIpc) is 3.24. The summed E-state index contributed by atoms with van der Waals surface area (Å²) in [4.78, 5) is 18.4. The van der Waals surface area contributed by atoms with Gasteiger partial charge in [0.25, 0.3) is 0 Å². The van der Waals surface area contributed by atoms with Crippen LogP contribution in [0.15, 0.2) is 78.9 Å². The Morgan fingerprint density at radius 1 is 0.946 bits per heavy atom. The van der Waals surface area contributed by atoms with Crippen molar-refractivity contribution in [1.82, 2.24) is 4.98 Å². The Balaban J connectivity index is 1.16. The Morgan fingerprint density at radius 2 is 1.78 bits per heavy atom. The van der Waals surface area contributed by atoms with E-state index in [2.05, 4.69) is 11.1 Å². The highest BCUT2D eigenvalue weighted by Crippen LogP contribution is 2.40. The van der Waals surface area contributed by atoms with Crippen LogP contribution in [0.2, 0.25) is 0 Å². The van der Waals surface area contributed by atoms with Crippen LogP contribution in [0.5, 0.6) is 17.2 Å². The maximum Gasteiger partial charge on any atom is 0.305 e. The van der Waals surface area contributed by atoms with Gasteiger partial charge in [-0.25, -0.2) is 4.98 Å². The second kappa shape index (κ2) is 11.2. The quantitative estimate of drug-likeness (QED) is 0.253. The van der Waals surface area contributed by atoms with E-state index in [0.717, 1.165) is 39.3 Å². The second-order valence-corrected chi connectivity index (χ2v) is 8.88. The summed E-state index contributed by atoms with van der Waals surface area (Å²) in [6.45, 7) is 2.98. The van der Waals surface area contributed by atoms with Gasteiger partial charge in [0.15, 0.2) is 6.23 Å². The molecule has 0 bridgehead atoms. The Labute approximate surface area is 216 Å². The van der Waals surface area contributed by atoms with Crippen molar-refractivity contribution in [2.45, 2.75) is 39.2 Å². The van der Waals surface area contributed by atoms with Crippen LogP contribution in [0.1, 0.15) is 31.0 Å². The molecule has 4 aromatic rings. The van der Waals surface area contributed by atoms with Crippen molar-refractivity contribution < 1.29 is 23.7 Å². The maximum atomic E-state index is 11.7. The fraction of sp³-hybridized carbons (Fsp3) is 0.267. The fourth-order valence-corrected chi connectivity index (χ4v) is 4.32. The van der Waals surface area contributed by atoms with E-state index >= 15 is 0 Å². The highest BCUT2D eigenvalue weighted by atomic mass is 16.5. The lowest BCUT2D eigenvalue weighted by molar-refractivity contribution is -0.143. The smallest absolute Gasteiger partial charge is 0.305 e. The lowest BCUT2D eigenvalue weighted by Crippen LogP contribution is -2.31. The predicted octanol–water partition coefficient (Wildman–Crippen LogP) is 5.89. The molecule has 0 spiro atoms. The molecule has 3 aromatic carbocycles. The largest absolute Gasteiger partial charge is 0.489 e. The van der Waals surface area contributed by atoms with Gasteiger partial charge in [-0.2, -0.15) is 0 Å². The molecule has 7 heteroatoms. The number of fused-ring (bicyclic) bond motifs is 2. The van der Waals surface area contributed by atoms with Crippen molar-refractivity contribution in [2.24, 2.45) is 0 Å². The first-order valence-electron chi connectivity index (χ1n) is 12.5. The molecule has 1 unspecified atom stereocenters. The number of anilines is 1. The van der Waals surface area contributed by atoms with Crippen molar-refractivity contribution in [3.8, 4) is 17.2 Å². The van der Waals surface area contributed by atoms with Crippen LogP contribution in [-0.2, 0) is 22.7 Å². The molecule has 1 atom stereocenters. The molecular formula is C30H30N2O5. The third kappa shape index (κ3) is 5.94. The molecule has 7 nitrogen and oxygen atoms in total. The van der Waals surface area contributed by atoms with E-state index in [1.165, 1.54) is 0 Å². The van der Waals surface area contributed by atoms with Gasteiger partial charge in [-0.15, -0.1) is 0 Å². The van der Waals surface area contributed by atoms with Gasteiger partial charge in [0.05, 0.1) is 29.9 Å². The lowest BCUT2D eigenvalue weighted by Gasteiger charge is -2.19. The molecule has 0 aliphatic carbocycles. The topological polar surface area (TPSA) is 70.1 Å². The van der Waals surface area contributed by atoms with Gasteiger partial charge in [0.2, 0.25) is 0 Å². The van der Waals surface area contributed by atoms with Crippen LogP contribution in [-0.4, -0.2) is 30.8 Å². The number of hydrogen-bond acceptors (Lipinski definition) is 7. The Morgan fingerprint density at radius 3 is 2.68 bits per heavy atom. The van der Waals surface area contributed by atoms with E-state index in [1.807, 2.05) is 84.7 Å². The van der Waals surface area contributed by atoms with E-state index in [1.54, 1.807) is 6.92 Å². The molecule has 190 valence electrons. The van der Waals surface area contributed by atoms with Crippen LogP contribution >= 0.6 is 0 Å². The molecule has 1 aliphatic rings. The van der Waals surface area contributed by atoms with E-state index in [0.29, 0.717) is 38.4 Å². The standard InChI is InChI=1S/C30H30N2O5/c1-3-34-30(33)16-15-29-32(2)27-14-13-25(18-28(27)37-29)35-19-21-7-6-9-24(17-21)36-20-23-12-11-22-8-4-5-10-26(22)31-23/h4-14,17-18,29H,3,15-16,19-20H2,1-2H3. The summed E-state index contributed by atoms with van der Waals surface area (Å²) in [5.74, 6) is 2.01. The molecule has 1 aliphatic heterocycles. The number of carbonyl (C=O) groups is 1. The zero-order valence-electron chi connectivity index (χ0n) is 21.1. The summed E-state index contributed by atoms with van der Waals surface area (Å²) in [6.07, 6.45) is 0.664. The van der Waals surface area contributed by atoms with E-state index < -0.39 is 0 Å². The molecular weight excluding hydrogens is 468 g/mol. The molecule has 0 saturated heterocycles. The zero-order valence-corrected chi connectivity index (χ0v) is 21.1. The van der Waals surface area contributed by atoms with Crippen molar-refractivity contribution in [2.75, 3.05) is 18.6 Å². The first kappa shape index (κ1) is 24.4. The molecule has 1 aromatic heterocycles. The van der Waals surface area contributed by atoms with Crippen LogP contribution < -0.4 is 19.1 Å². The molecule has 0 N–H and O–H groups in total. The zero-order chi connectivity index (χ0) is 25.6. The minimum absolute atomic E-state index is 0.208. The number of ether oxygens (including phenoxy) is 4. The second-order valence-electron chi connectivity index (χ2n) is 8.88. The SMILES string of the molecule is CCOC(=O)CCC1Oc2cc(OCc3cccc(OCc4ccc5ccccc5n4)c3)ccc2N1C. The Hall–Kier alpha value is -4.26. The molecule has 0 saturated carbocycles. The number of carbonyl (C=O) groups excluding carboxylic acids is 1. The number of nitrogens with zero attached hydrogens (tertiary/aromatic N) is 2. The summed E-state index contributed by atoms with van der Waals surface area (Å²) in [6, 6.07) is 25.8. The number of pyridine rings is 1. The Bertz CT molecular complexity index is 1390. The molecule has 0 amide bonds. The number of benzene rings is 3. The summed E-state index contributed by atoms with van der Waals surface area (Å²) >= 11 is 0. The van der Waals surface area contributed by atoms with Gasteiger partial charge in [-0.05, 0) is 48.9 Å². The minimum Gasteiger partial charge on any atom is -0.489 e. The van der Waals surface area contributed by atoms with E-state index in [4.69, 9.17) is 18.9 Å². The summed E-state index contributed by atoms with van der Waals surface area (Å²) in [5, 5.41) is 1.11. The lowest BCUT2D eigenvalue weighted by atomic mass is 10.2. The average molecular weight is 499 g/mol. The first-order chi connectivity index (χ1) is 18.1. The number of esters is 1. The minimum atomic E-state index is -0.209. The van der Waals surface area contributed by atoms with Crippen molar-refractivity contribution in [3.63, 3.8) is 0 Å². The highest BCUT2D eigenvalue weighted by molar-refractivity contribution is 5.78. The predicted molar refractivity (Wildman–Crippen MR) is 142 cm³/mol. The Kier molecular flexibility index (Phi) is 7.40. The van der Waals surface area contributed by atoms with Gasteiger partial charge in [0, 0.05) is 24.9 Å². The highest BCUT2D eigenvalue weighted by Gasteiger charge is 2.28. The molecule has 0 fully saturated rings. The number of para-hydroxylation sites is 1. The van der Waals surface area contributed by atoms with E-state index in [-0.39, 0.29) is 12.2 Å². The third-order valence-electron chi connectivity index (χ3n) is 6.25. The van der Waals surface area contributed by atoms with Crippen LogP contribution in [0, 0.1) is 0 Å². The van der Waals surface area contributed by atoms with Gasteiger partial charge in [-0.1, -0.05) is 36.4 Å². The molecule has 2 heterocycles. The van der Waals surface area contributed by atoms with Crippen molar-refractivity contribution in [1.29, 1.82) is 0 Å². The van der Waals surface area contributed by atoms with Crippen LogP contribution in [0.4, 0.5) is 5.69 Å². The summed E-state index contributed by atoms with van der Waals surface area (Å²) in [5.41, 5.74) is 3.80. The van der Waals surface area contributed by atoms with Crippen molar-refractivity contribution >= 4 is 22.6 Å². The number of aromatic nitrogens is 1. The summed E-state index contributed by atoms with van der Waals surface area (Å²) < 4.78 is 23.1. The third-order valence-corrected chi connectivity index (χ3v) is 6.25. The van der Waals surface area contributed by atoms with Crippen LogP contribution in [0.3, 0.4) is 0 Å². The van der Waals surface area contributed by atoms with E-state index in [9.17, 15) is 4.79 Å². The van der Waals surface area contributed by atoms with Crippen LogP contribution in [0.25, 0.3) is 10.9 Å². The van der Waals surface area contributed by atoms with Gasteiger partial charge < -0.3 is 23.8 Å². The molecule has 0 radical (unpaired) electrons.